The van der Waals surface area contributed by atoms with E-state index in [1.807, 2.05) is 48.6 Å². The van der Waals surface area contributed by atoms with E-state index in [0.29, 0.717) is 6.42 Å². The van der Waals surface area contributed by atoms with Crippen LogP contribution in [0.5, 0.6) is 0 Å². The lowest BCUT2D eigenvalue weighted by molar-refractivity contribution is 0.364. The van der Waals surface area contributed by atoms with Crippen molar-refractivity contribution in [3.63, 3.8) is 0 Å². The summed E-state index contributed by atoms with van der Waals surface area (Å²) in [7, 11) is 0. The maximum atomic E-state index is 13.1. The van der Waals surface area contributed by atoms with E-state index in [-0.39, 0.29) is 7.34 Å². The lowest BCUT2D eigenvalue weighted by Crippen LogP contribution is -2.20. The SMILES string of the molecule is CC1/C=C(/C=C/C=C/C=C\N=CN)O/C=C/C=C(CNCC2=CCC(F)C=C2)\C=C\1.[HH]. The number of nitrogens with one attached hydrogen (secondary N) is 1. The van der Waals surface area contributed by atoms with Gasteiger partial charge in [0.2, 0.25) is 0 Å². The summed E-state index contributed by atoms with van der Waals surface area (Å²) in [6.45, 7) is 3.56. The Kier molecular flexibility index (Phi) is 10.7. The van der Waals surface area contributed by atoms with Gasteiger partial charge in [0, 0.05) is 27.1 Å². The van der Waals surface area contributed by atoms with E-state index in [2.05, 4.69) is 35.5 Å². The molecule has 4 nitrogen and oxygen atoms in total. The standard InChI is InChI=1S/C25H30FN3O.H2/c1-21-9-10-22(18-29-19-23-11-13-24(26)14-12-23)7-6-16-30-25(17-21)8-4-2-3-5-15-28-20-27;/h2-13,15-17,20-21,24,29H,14,18-19H2,1H3,(H2,27,28);1H/b3-2+,8-4+,10-9+,15-5-,16-6+,22-7+,25-17-;. The van der Waals surface area contributed by atoms with Crippen LogP contribution in [0.1, 0.15) is 14.8 Å². The van der Waals surface area contributed by atoms with Crippen molar-refractivity contribution in [1.82, 2.24) is 5.32 Å². The molecule has 0 spiro atoms. The molecule has 2 atom stereocenters. The molecule has 160 valence electrons. The Morgan fingerprint density at radius 2 is 2.00 bits per heavy atom. The van der Waals surface area contributed by atoms with E-state index in [1.165, 1.54) is 6.34 Å². The first-order valence-electron chi connectivity index (χ1n) is 10.0. The highest BCUT2D eigenvalue weighted by Gasteiger charge is 2.06. The predicted octanol–water partition coefficient (Wildman–Crippen LogP) is 5.21. The molecule has 0 aromatic heterocycles. The molecule has 3 N–H and O–H groups in total. The number of nitrogens with two attached hydrogens (primary N) is 1. The highest BCUT2D eigenvalue weighted by molar-refractivity contribution is 5.52. The maximum absolute atomic E-state index is 13.1. The number of hydrogen-bond donors (Lipinski definition) is 2. The molecule has 0 aromatic rings. The number of rotatable bonds is 8. The second-order valence-electron chi connectivity index (χ2n) is 6.85. The Bertz CT molecular complexity index is 845. The van der Waals surface area contributed by atoms with Gasteiger partial charge < -0.3 is 15.8 Å². The van der Waals surface area contributed by atoms with E-state index < -0.39 is 6.17 Å². The van der Waals surface area contributed by atoms with Crippen LogP contribution >= 0.6 is 0 Å². The van der Waals surface area contributed by atoms with Crippen molar-refractivity contribution in [2.24, 2.45) is 16.6 Å². The predicted molar refractivity (Wildman–Crippen MR) is 127 cm³/mol. The van der Waals surface area contributed by atoms with Gasteiger partial charge in [0.25, 0.3) is 0 Å². The van der Waals surface area contributed by atoms with Gasteiger partial charge in [-0.3, -0.25) is 0 Å². The summed E-state index contributed by atoms with van der Waals surface area (Å²) in [5.74, 6) is 0.988. The van der Waals surface area contributed by atoms with Crippen LogP contribution < -0.4 is 11.1 Å². The Hall–Kier alpha value is -3.18. The Morgan fingerprint density at radius 3 is 2.80 bits per heavy atom. The van der Waals surface area contributed by atoms with Gasteiger partial charge in [0.1, 0.15) is 11.9 Å². The number of alkyl halides is 1. The van der Waals surface area contributed by atoms with Crippen LogP contribution in [0.3, 0.4) is 0 Å². The van der Waals surface area contributed by atoms with E-state index in [1.54, 1.807) is 24.6 Å². The molecule has 2 aliphatic rings. The van der Waals surface area contributed by atoms with Crippen molar-refractivity contribution in [1.29, 1.82) is 0 Å². The molecule has 0 amide bonds. The topological polar surface area (TPSA) is 59.6 Å². The van der Waals surface area contributed by atoms with Crippen molar-refractivity contribution in [2.45, 2.75) is 19.5 Å². The molecular weight excluding hydrogens is 377 g/mol. The van der Waals surface area contributed by atoms with Crippen molar-refractivity contribution in [3.05, 3.63) is 108 Å². The molecule has 2 rings (SSSR count). The van der Waals surface area contributed by atoms with Gasteiger partial charge in [0.15, 0.2) is 0 Å². The van der Waals surface area contributed by atoms with Crippen LogP contribution in [0.15, 0.2) is 113 Å². The van der Waals surface area contributed by atoms with Crippen LogP contribution in [0.2, 0.25) is 0 Å². The normalized spacial score (nSPS) is 28.3. The molecule has 2 unspecified atom stereocenters. The zero-order valence-electron chi connectivity index (χ0n) is 17.3. The first kappa shape index (κ1) is 23.1. The number of hydrogen-bond acceptors (Lipinski definition) is 3. The number of halogens is 1. The summed E-state index contributed by atoms with van der Waals surface area (Å²) < 4.78 is 18.9. The molecule has 0 saturated carbocycles. The number of allylic oxidation sites excluding steroid dienone is 11. The highest BCUT2D eigenvalue weighted by atomic mass is 19.1. The minimum atomic E-state index is -0.846. The van der Waals surface area contributed by atoms with E-state index in [4.69, 9.17) is 10.5 Å². The lowest BCUT2D eigenvalue weighted by atomic mass is 10.1. The zero-order valence-corrected chi connectivity index (χ0v) is 17.3. The summed E-state index contributed by atoms with van der Waals surface area (Å²) in [5.41, 5.74) is 7.43. The summed E-state index contributed by atoms with van der Waals surface area (Å²) in [5, 5.41) is 3.41. The van der Waals surface area contributed by atoms with Gasteiger partial charge in [-0.25, -0.2) is 9.38 Å². The molecule has 1 heterocycles. The second-order valence-corrected chi connectivity index (χ2v) is 6.85. The van der Waals surface area contributed by atoms with E-state index in [0.717, 1.165) is 30.0 Å². The van der Waals surface area contributed by atoms with Crippen molar-refractivity contribution >= 4 is 6.34 Å². The van der Waals surface area contributed by atoms with Crippen molar-refractivity contribution < 1.29 is 10.6 Å². The molecule has 5 heteroatoms. The van der Waals surface area contributed by atoms with Crippen molar-refractivity contribution in [3.8, 4) is 0 Å². The van der Waals surface area contributed by atoms with Gasteiger partial charge in [-0.15, -0.1) is 0 Å². The fraction of sp³-hybridized carbons (Fsp3) is 0.240. The van der Waals surface area contributed by atoms with Gasteiger partial charge in [-0.1, -0.05) is 61.6 Å². The minimum Gasteiger partial charge on any atom is -0.465 e. The van der Waals surface area contributed by atoms with E-state index in [9.17, 15) is 4.39 Å². The van der Waals surface area contributed by atoms with Gasteiger partial charge in [-0.05, 0) is 41.4 Å². The third kappa shape index (κ3) is 9.85. The van der Waals surface area contributed by atoms with Crippen molar-refractivity contribution in [2.75, 3.05) is 13.1 Å². The number of aliphatic imine (C=N–C) groups is 1. The summed E-state index contributed by atoms with van der Waals surface area (Å²) in [6.07, 6.45) is 29.1. The third-order valence-electron chi connectivity index (χ3n) is 4.27. The summed E-state index contributed by atoms with van der Waals surface area (Å²) in [6, 6.07) is 0. The first-order valence-corrected chi connectivity index (χ1v) is 10.0. The van der Waals surface area contributed by atoms with Crippen LogP contribution in [0, 0.1) is 5.92 Å². The van der Waals surface area contributed by atoms with Crippen LogP contribution in [-0.2, 0) is 4.74 Å². The highest BCUT2D eigenvalue weighted by Crippen LogP contribution is 2.14. The molecule has 0 aromatic carbocycles. The summed E-state index contributed by atoms with van der Waals surface area (Å²) >= 11 is 0. The fourth-order valence-electron chi connectivity index (χ4n) is 2.73. The molecule has 0 saturated heterocycles. The smallest absolute Gasteiger partial charge is 0.123 e. The van der Waals surface area contributed by atoms with Gasteiger partial charge in [-0.2, -0.15) is 0 Å². The average molecular weight is 410 g/mol. The lowest BCUT2D eigenvalue weighted by Gasteiger charge is -2.12. The Balaban J connectivity index is 0.00000480. The maximum Gasteiger partial charge on any atom is 0.123 e. The Morgan fingerprint density at radius 1 is 1.20 bits per heavy atom. The fourth-order valence-corrected chi connectivity index (χ4v) is 2.73. The molecule has 1 aliphatic heterocycles. The largest absolute Gasteiger partial charge is 0.465 e. The van der Waals surface area contributed by atoms with E-state index >= 15 is 0 Å². The molecule has 1 aliphatic carbocycles. The molecular formula is C25H32FN3O. The van der Waals surface area contributed by atoms with Crippen LogP contribution in [-0.4, -0.2) is 25.6 Å². The summed E-state index contributed by atoms with van der Waals surface area (Å²) in [4.78, 5) is 3.78. The third-order valence-corrected chi connectivity index (χ3v) is 4.27. The monoisotopic (exact) mass is 409 g/mol. The number of nitrogens with zero attached hydrogens (tertiary/aromatic N) is 1. The molecule has 30 heavy (non-hydrogen) atoms. The first-order chi connectivity index (χ1) is 14.7. The molecule has 0 radical (unpaired) electrons. The number of ether oxygens (including phenoxy) is 1. The van der Waals surface area contributed by atoms with Crippen LogP contribution in [0.25, 0.3) is 0 Å². The van der Waals surface area contributed by atoms with Gasteiger partial charge >= 0.3 is 0 Å². The quantitative estimate of drug-likeness (QED) is 0.329. The second kappa shape index (κ2) is 13.9. The zero-order chi connectivity index (χ0) is 21.4. The average Bonchev–Trinajstić information content (AvgIpc) is 2.74. The molecule has 0 fully saturated rings. The Labute approximate surface area is 180 Å². The van der Waals surface area contributed by atoms with Crippen LogP contribution in [0.4, 0.5) is 4.39 Å². The molecule has 0 bridgehead atoms. The van der Waals surface area contributed by atoms with Gasteiger partial charge in [0.05, 0.1) is 12.6 Å². The minimum absolute atomic E-state index is 0.